The molecule has 0 saturated carbocycles. The topological polar surface area (TPSA) is 55.0 Å². The van der Waals surface area contributed by atoms with Crippen molar-refractivity contribution in [2.45, 2.75) is 13.3 Å². The monoisotopic (exact) mass is 308 g/mol. The van der Waals surface area contributed by atoms with Gasteiger partial charge in [-0.2, -0.15) is 5.10 Å². The number of aromatic amines is 1. The van der Waals surface area contributed by atoms with Gasteiger partial charge in [-0.15, -0.1) is 0 Å². The van der Waals surface area contributed by atoms with E-state index in [1.54, 1.807) is 13.2 Å². The van der Waals surface area contributed by atoms with E-state index in [0.29, 0.717) is 12.0 Å². The number of ether oxygens (including phenoxy) is 1. The van der Waals surface area contributed by atoms with E-state index in [4.69, 9.17) is 4.74 Å². The molecule has 2 aromatic rings. The zero-order chi connectivity index (χ0) is 13.1. The first-order valence-electron chi connectivity index (χ1n) is 5.48. The predicted molar refractivity (Wildman–Crippen MR) is 73.1 cm³/mol. The van der Waals surface area contributed by atoms with Crippen molar-refractivity contribution < 1.29 is 4.74 Å². The number of halogens is 1. The third-order valence-electron chi connectivity index (χ3n) is 2.63. The molecule has 94 valence electrons. The number of aromatic nitrogens is 2. The maximum atomic E-state index is 11.7. The largest absolute Gasteiger partial charge is 0.496 e. The van der Waals surface area contributed by atoms with E-state index in [1.807, 2.05) is 25.1 Å². The molecule has 0 amide bonds. The minimum absolute atomic E-state index is 0.164. The maximum Gasteiger partial charge on any atom is 0.267 e. The lowest BCUT2D eigenvalue weighted by molar-refractivity contribution is 0.410. The van der Waals surface area contributed by atoms with Crippen LogP contribution in [0.2, 0.25) is 0 Å². The number of benzene rings is 1. The average molecular weight is 309 g/mol. The molecular weight excluding hydrogens is 296 g/mol. The normalized spacial score (nSPS) is 10.4. The molecule has 0 fully saturated rings. The van der Waals surface area contributed by atoms with Crippen molar-refractivity contribution in [3.63, 3.8) is 0 Å². The van der Waals surface area contributed by atoms with Gasteiger partial charge in [0.15, 0.2) is 0 Å². The number of H-pyrrole nitrogens is 1. The van der Waals surface area contributed by atoms with Gasteiger partial charge in [-0.25, -0.2) is 5.10 Å². The highest BCUT2D eigenvalue weighted by Crippen LogP contribution is 2.24. The van der Waals surface area contributed by atoms with Crippen LogP contribution in [0, 0.1) is 6.92 Å². The maximum absolute atomic E-state index is 11.7. The first-order valence-corrected chi connectivity index (χ1v) is 6.27. The summed E-state index contributed by atoms with van der Waals surface area (Å²) in [5.41, 5.74) is 2.27. The summed E-state index contributed by atoms with van der Waals surface area (Å²) in [4.78, 5) is 11.7. The van der Waals surface area contributed by atoms with Crippen LogP contribution in [0.1, 0.15) is 16.8 Å². The number of rotatable bonds is 3. The van der Waals surface area contributed by atoms with Gasteiger partial charge < -0.3 is 4.74 Å². The van der Waals surface area contributed by atoms with Gasteiger partial charge in [0.1, 0.15) is 5.75 Å². The summed E-state index contributed by atoms with van der Waals surface area (Å²) in [6, 6.07) is 7.53. The SMILES string of the molecule is COc1ccc(Br)cc1Cc1cc(C)n[nH]c1=O. The molecule has 0 radical (unpaired) electrons. The van der Waals surface area contributed by atoms with E-state index in [2.05, 4.69) is 26.1 Å². The second-order valence-electron chi connectivity index (χ2n) is 4.00. The number of nitrogens with one attached hydrogen (secondary N) is 1. The van der Waals surface area contributed by atoms with Crippen molar-refractivity contribution in [2.24, 2.45) is 0 Å². The molecule has 18 heavy (non-hydrogen) atoms. The van der Waals surface area contributed by atoms with Crippen LogP contribution >= 0.6 is 15.9 Å². The van der Waals surface area contributed by atoms with Gasteiger partial charge in [0.05, 0.1) is 12.8 Å². The molecule has 1 N–H and O–H groups in total. The number of aryl methyl sites for hydroxylation is 1. The molecule has 5 heteroatoms. The van der Waals surface area contributed by atoms with Crippen LogP contribution in [-0.4, -0.2) is 17.3 Å². The molecule has 0 unspecified atom stereocenters. The zero-order valence-electron chi connectivity index (χ0n) is 10.2. The van der Waals surface area contributed by atoms with E-state index in [1.165, 1.54) is 0 Å². The molecule has 0 saturated heterocycles. The Hall–Kier alpha value is -1.62. The van der Waals surface area contributed by atoms with Gasteiger partial charge in [-0.05, 0) is 36.8 Å². The first kappa shape index (κ1) is 12.8. The van der Waals surface area contributed by atoms with Crippen LogP contribution in [0.3, 0.4) is 0 Å². The van der Waals surface area contributed by atoms with Crippen molar-refractivity contribution in [3.05, 3.63) is 55.9 Å². The second-order valence-corrected chi connectivity index (χ2v) is 4.91. The Labute approximate surface area is 113 Å². The molecule has 0 atom stereocenters. The Morgan fingerprint density at radius 3 is 2.83 bits per heavy atom. The zero-order valence-corrected chi connectivity index (χ0v) is 11.7. The molecule has 0 aliphatic rings. The molecule has 2 rings (SSSR count). The highest BCUT2D eigenvalue weighted by Gasteiger charge is 2.08. The molecule has 0 aliphatic heterocycles. The van der Waals surface area contributed by atoms with Crippen molar-refractivity contribution in [2.75, 3.05) is 7.11 Å². The standard InChI is InChI=1S/C13H13BrN2O2/c1-8-5-10(13(17)16-15-8)6-9-7-11(14)3-4-12(9)18-2/h3-5,7H,6H2,1-2H3,(H,16,17). The molecule has 4 nitrogen and oxygen atoms in total. The highest BCUT2D eigenvalue weighted by atomic mass is 79.9. The van der Waals surface area contributed by atoms with Crippen LogP contribution in [0.4, 0.5) is 0 Å². The molecule has 1 aromatic carbocycles. The van der Waals surface area contributed by atoms with Gasteiger partial charge in [0.2, 0.25) is 0 Å². The third-order valence-corrected chi connectivity index (χ3v) is 3.13. The molecule has 0 bridgehead atoms. The summed E-state index contributed by atoms with van der Waals surface area (Å²) >= 11 is 3.42. The van der Waals surface area contributed by atoms with E-state index < -0.39 is 0 Å². The van der Waals surface area contributed by atoms with Crippen LogP contribution in [0.25, 0.3) is 0 Å². The number of methoxy groups -OCH3 is 1. The molecule has 1 aromatic heterocycles. The first-order chi connectivity index (χ1) is 8.60. The summed E-state index contributed by atoms with van der Waals surface area (Å²) in [5.74, 6) is 0.770. The molecule has 0 spiro atoms. The minimum atomic E-state index is -0.164. The quantitative estimate of drug-likeness (QED) is 0.947. The van der Waals surface area contributed by atoms with Gasteiger partial charge in [-0.1, -0.05) is 15.9 Å². The summed E-state index contributed by atoms with van der Waals surface area (Å²) in [5, 5.41) is 6.35. The van der Waals surface area contributed by atoms with E-state index in [0.717, 1.165) is 21.5 Å². The average Bonchev–Trinajstić information content (AvgIpc) is 2.34. The Morgan fingerprint density at radius 1 is 1.33 bits per heavy atom. The highest BCUT2D eigenvalue weighted by molar-refractivity contribution is 9.10. The van der Waals surface area contributed by atoms with Gasteiger partial charge in [0, 0.05) is 16.5 Å². The number of nitrogens with zero attached hydrogens (tertiary/aromatic N) is 1. The fourth-order valence-electron chi connectivity index (χ4n) is 1.78. The van der Waals surface area contributed by atoms with Gasteiger partial charge >= 0.3 is 0 Å². The predicted octanol–water partition coefficient (Wildman–Crippen LogP) is 2.44. The Balaban J connectivity index is 2.42. The third kappa shape index (κ3) is 2.79. The van der Waals surface area contributed by atoms with Crippen LogP contribution in [0.15, 0.2) is 33.5 Å². The van der Waals surface area contributed by atoms with Crippen LogP contribution < -0.4 is 10.3 Å². The van der Waals surface area contributed by atoms with Gasteiger partial charge in [-0.3, -0.25) is 4.79 Å². The van der Waals surface area contributed by atoms with Crippen LogP contribution in [0.5, 0.6) is 5.75 Å². The molecule has 0 aliphatic carbocycles. The fraction of sp³-hybridized carbons (Fsp3) is 0.231. The van der Waals surface area contributed by atoms with Crippen molar-refractivity contribution in [3.8, 4) is 5.75 Å². The van der Waals surface area contributed by atoms with Crippen molar-refractivity contribution >= 4 is 15.9 Å². The molecular formula is C13H13BrN2O2. The Kier molecular flexibility index (Phi) is 3.81. The minimum Gasteiger partial charge on any atom is -0.496 e. The Morgan fingerprint density at radius 2 is 2.11 bits per heavy atom. The summed E-state index contributed by atoms with van der Waals surface area (Å²) in [6.07, 6.45) is 0.515. The van der Waals surface area contributed by atoms with Crippen molar-refractivity contribution in [1.29, 1.82) is 0 Å². The lowest BCUT2D eigenvalue weighted by Crippen LogP contribution is -2.15. The van der Waals surface area contributed by atoms with E-state index in [9.17, 15) is 4.79 Å². The Bertz CT molecular complexity index is 623. The van der Waals surface area contributed by atoms with Crippen LogP contribution in [-0.2, 0) is 6.42 Å². The van der Waals surface area contributed by atoms with Gasteiger partial charge in [0.25, 0.3) is 5.56 Å². The summed E-state index contributed by atoms with van der Waals surface area (Å²) in [7, 11) is 1.62. The fourth-order valence-corrected chi connectivity index (χ4v) is 2.19. The summed E-state index contributed by atoms with van der Waals surface area (Å²) in [6.45, 7) is 1.84. The molecule has 1 heterocycles. The smallest absolute Gasteiger partial charge is 0.267 e. The van der Waals surface area contributed by atoms with E-state index in [-0.39, 0.29) is 5.56 Å². The van der Waals surface area contributed by atoms with Crippen molar-refractivity contribution in [1.82, 2.24) is 10.2 Å². The number of hydrogen-bond acceptors (Lipinski definition) is 3. The number of hydrogen-bond donors (Lipinski definition) is 1. The lowest BCUT2D eigenvalue weighted by Gasteiger charge is -2.08. The van der Waals surface area contributed by atoms with E-state index >= 15 is 0 Å². The summed E-state index contributed by atoms with van der Waals surface area (Å²) < 4.78 is 6.25. The second kappa shape index (κ2) is 5.35. The lowest BCUT2D eigenvalue weighted by atomic mass is 10.1.